The van der Waals surface area contributed by atoms with Gasteiger partial charge in [-0.05, 0) is 53.5 Å². The third-order valence-corrected chi connectivity index (χ3v) is 8.49. The maximum absolute atomic E-state index is 12.4. The first kappa shape index (κ1) is 25.0. The summed E-state index contributed by atoms with van der Waals surface area (Å²) >= 11 is 2.20. The van der Waals surface area contributed by atoms with Gasteiger partial charge >= 0.3 is 0 Å². The number of nitrogens with zero attached hydrogens (tertiary/aromatic N) is 5. The van der Waals surface area contributed by atoms with Gasteiger partial charge in [0.2, 0.25) is 0 Å². The number of nitrogens with one attached hydrogen (secondary N) is 2. The molecule has 0 unspecified atom stereocenters. The molecular weight excluding hydrogens is 526 g/mol. The molecule has 36 heavy (non-hydrogen) atoms. The van der Waals surface area contributed by atoms with Crippen LogP contribution in [-0.2, 0) is 17.1 Å². The van der Waals surface area contributed by atoms with E-state index in [-0.39, 0.29) is 15.5 Å². The molecule has 0 radical (unpaired) electrons. The Morgan fingerprint density at radius 1 is 1.22 bits per heavy atom. The predicted octanol–water partition coefficient (Wildman–Crippen LogP) is 3.50. The second-order valence-corrected chi connectivity index (χ2v) is 11.0. The van der Waals surface area contributed by atoms with Crippen LogP contribution in [0.25, 0.3) is 0 Å². The van der Waals surface area contributed by atoms with Crippen molar-refractivity contribution >= 4 is 56.6 Å². The first-order valence-corrected chi connectivity index (χ1v) is 13.2. The Balaban J connectivity index is 1.40. The fourth-order valence-corrected chi connectivity index (χ4v) is 5.75. The minimum absolute atomic E-state index is 0.140. The Hall–Kier alpha value is -4.08. The molecule has 2 N–H and O–H groups in total. The zero-order chi connectivity index (χ0) is 25.7. The van der Waals surface area contributed by atoms with Crippen LogP contribution in [0.1, 0.15) is 15.9 Å². The van der Waals surface area contributed by atoms with E-state index >= 15 is 0 Å². The average Bonchev–Trinajstić information content (AvgIpc) is 3.53. The Morgan fingerprint density at radius 2 is 2.00 bits per heavy atom. The fraction of sp³-hybridized carbons (Fsp3) is 0.0476. The Kier molecular flexibility index (Phi) is 7.42. The molecule has 4 rings (SSSR count). The quantitative estimate of drug-likeness (QED) is 0.184. The number of amides is 1. The highest BCUT2D eigenvalue weighted by Gasteiger charge is 2.18. The van der Waals surface area contributed by atoms with Gasteiger partial charge in [-0.25, -0.2) is 13.8 Å². The SMILES string of the molecule is Cn1cnnc1Sc1ccc(/C=N/NC(=O)c2ccc(NS(=O)(=O)c3cccs3)cc2)cc1[N+](=O)[O-]. The molecule has 0 aliphatic rings. The molecule has 12 nitrogen and oxygen atoms in total. The van der Waals surface area contributed by atoms with Crippen molar-refractivity contribution < 1.29 is 18.1 Å². The van der Waals surface area contributed by atoms with E-state index in [1.165, 1.54) is 48.9 Å². The van der Waals surface area contributed by atoms with E-state index in [0.29, 0.717) is 21.3 Å². The summed E-state index contributed by atoms with van der Waals surface area (Å²) in [6.45, 7) is 0. The number of anilines is 1. The summed E-state index contributed by atoms with van der Waals surface area (Å²) in [6.07, 6.45) is 2.78. The van der Waals surface area contributed by atoms with E-state index in [2.05, 4.69) is 25.4 Å². The van der Waals surface area contributed by atoms with Crippen molar-refractivity contribution in [1.82, 2.24) is 20.2 Å². The van der Waals surface area contributed by atoms with E-state index in [4.69, 9.17) is 0 Å². The molecule has 4 aromatic rings. The Bertz CT molecular complexity index is 1530. The first-order chi connectivity index (χ1) is 17.2. The van der Waals surface area contributed by atoms with E-state index < -0.39 is 20.9 Å². The van der Waals surface area contributed by atoms with Crippen molar-refractivity contribution in [2.24, 2.45) is 12.1 Å². The Labute approximate surface area is 213 Å². The highest BCUT2D eigenvalue weighted by molar-refractivity contribution is 7.99. The summed E-state index contributed by atoms with van der Waals surface area (Å²) in [5.74, 6) is -0.539. The zero-order valence-electron chi connectivity index (χ0n) is 18.4. The second-order valence-electron chi connectivity index (χ2n) is 7.12. The zero-order valence-corrected chi connectivity index (χ0v) is 20.9. The molecule has 0 saturated heterocycles. The van der Waals surface area contributed by atoms with Gasteiger partial charge in [0.25, 0.3) is 21.6 Å². The van der Waals surface area contributed by atoms with Crippen LogP contribution < -0.4 is 10.1 Å². The fourth-order valence-electron chi connectivity index (χ4n) is 2.85. The molecule has 0 fully saturated rings. The molecule has 2 aromatic carbocycles. The van der Waals surface area contributed by atoms with Crippen LogP contribution >= 0.6 is 23.1 Å². The van der Waals surface area contributed by atoms with Gasteiger partial charge < -0.3 is 4.57 Å². The van der Waals surface area contributed by atoms with E-state index in [9.17, 15) is 23.3 Å². The molecule has 15 heteroatoms. The predicted molar refractivity (Wildman–Crippen MR) is 135 cm³/mol. The summed E-state index contributed by atoms with van der Waals surface area (Å²) < 4.78 is 28.8. The third-order valence-electron chi connectivity index (χ3n) is 4.59. The van der Waals surface area contributed by atoms with Gasteiger partial charge in [-0.1, -0.05) is 12.1 Å². The monoisotopic (exact) mass is 543 g/mol. The number of thiophene rings is 1. The van der Waals surface area contributed by atoms with Gasteiger partial charge in [0.15, 0.2) is 5.16 Å². The standard InChI is InChI=1S/C21H17N7O5S3/c1-27-13-23-25-21(27)35-18-9-4-14(11-17(18)28(30)31)12-22-24-20(29)15-5-7-16(8-6-15)26-36(32,33)19-3-2-10-34-19/h2-13,26H,1H3,(H,24,29)/b22-12+. The summed E-state index contributed by atoms with van der Waals surface area (Å²) in [4.78, 5) is 23.8. The lowest BCUT2D eigenvalue weighted by Gasteiger charge is -2.07. The number of nitro groups is 1. The van der Waals surface area contributed by atoms with Crippen molar-refractivity contribution in [3.8, 4) is 0 Å². The largest absolute Gasteiger partial charge is 0.311 e. The molecule has 0 aliphatic heterocycles. The van der Waals surface area contributed by atoms with Crippen molar-refractivity contribution in [3.05, 3.63) is 87.5 Å². The average molecular weight is 544 g/mol. The summed E-state index contributed by atoms with van der Waals surface area (Å²) in [6, 6.07) is 13.5. The smallest absolute Gasteiger partial charge is 0.283 e. The normalized spacial score (nSPS) is 11.5. The number of nitro benzene ring substituents is 1. The summed E-state index contributed by atoms with van der Waals surface area (Å²) in [5.41, 5.74) is 3.15. The van der Waals surface area contributed by atoms with Crippen molar-refractivity contribution in [2.45, 2.75) is 14.3 Å². The maximum atomic E-state index is 12.4. The van der Waals surface area contributed by atoms with Gasteiger partial charge in [0.05, 0.1) is 16.0 Å². The van der Waals surface area contributed by atoms with Crippen LogP contribution in [0.5, 0.6) is 0 Å². The van der Waals surface area contributed by atoms with Gasteiger partial charge in [-0.15, -0.1) is 21.5 Å². The number of hydrogen-bond donors (Lipinski definition) is 2. The molecule has 184 valence electrons. The molecular formula is C21H17N7O5S3. The number of carbonyl (C=O) groups is 1. The molecule has 0 bridgehead atoms. The number of aryl methyl sites for hydroxylation is 1. The molecule has 0 spiro atoms. The number of carbonyl (C=O) groups excluding carboxylic acids is 1. The topological polar surface area (TPSA) is 161 Å². The molecule has 2 heterocycles. The third kappa shape index (κ3) is 5.94. The highest BCUT2D eigenvalue weighted by Crippen LogP contribution is 2.33. The lowest BCUT2D eigenvalue weighted by Crippen LogP contribution is -2.17. The minimum atomic E-state index is -3.69. The lowest BCUT2D eigenvalue weighted by molar-refractivity contribution is -0.387. The lowest BCUT2D eigenvalue weighted by atomic mass is 10.2. The number of rotatable bonds is 9. The second kappa shape index (κ2) is 10.7. The summed E-state index contributed by atoms with van der Waals surface area (Å²) in [7, 11) is -1.96. The van der Waals surface area contributed by atoms with Crippen LogP contribution in [0.3, 0.4) is 0 Å². The molecule has 0 saturated carbocycles. The van der Waals surface area contributed by atoms with Crippen molar-refractivity contribution in [1.29, 1.82) is 0 Å². The van der Waals surface area contributed by atoms with Gasteiger partial charge in [-0.2, -0.15) is 5.10 Å². The summed E-state index contributed by atoms with van der Waals surface area (Å²) in [5, 5.41) is 25.2. The number of hydrogen-bond acceptors (Lipinski definition) is 10. The van der Waals surface area contributed by atoms with Crippen molar-refractivity contribution in [3.63, 3.8) is 0 Å². The van der Waals surface area contributed by atoms with Gasteiger partial charge in [-0.3, -0.25) is 19.6 Å². The number of benzene rings is 2. The number of hydrazone groups is 1. The molecule has 2 aromatic heterocycles. The number of aromatic nitrogens is 3. The van der Waals surface area contributed by atoms with Crippen LogP contribution in [0, 0.1) is 10.1 Å². The molecule has 0 aliphatic carbocycles. The number of sulfonamides is 1. The van der Waals surface area contributed by atoms with Gasteiger partial charge in [0, 0.05) is 29.9 Å². The minimum Gasteiger partial charge on any atom is -0.311 e. The molecule has 1 amide bonds. The first-order valence-electron chi connectivity index (χ1n) is 10.0. The van der Waals surface area contributed by atoms with Gasteiger partial charge in [0.1, 0.15) is 10.5 Å². The van der Waals surface area contributed by atoms with Crippen LogP contribution in [0.15, 0.2) is 85.7 Å². The van der Waals surface area contributed by atoms with E-state index in [1.807, 2.05) is 0 Å². The highest BCUT2D eigenvalue weighted by atomic mass is 32.2. The molecule has 0 atom stereocenters. The van der Waals surface area contributed by atoms with Crippen molar-refractivity contribution in [2.75, 3.05) is 4.72 Å². The van der Waals surface area contributed by atoms with Crippen LogP contribution in [0.4, 0.5) is 11.4 Å². The van der Waals surface area contributed by atoms with E-state index in [1.54, 1.807) is 35.2 Å². The Morgan fingerprint density at radius 3 is 2.64 bits per heavy atom. The maximum Gasteiger partial charge on any atom is 0.283 e. The van der Waals surface area contributed by atoms with Crippen LogP contribution in [0.2, 0.25) is 0 Å². The van der Waals surface area contributed by atoms with Crippen LogP contribution in [-0.4, -0.2) is 40.2 Å². The van der Waals surface area contributed by atoms with E-state index in [0.717, 1.165) is 23.1 Å².